The fraction of sp³-hybridized carbons (Fsp3) is 0.0769. The summed E-state index contributed by atoms with van der Waals surface area (Å²) in [6.45, 7) is 0. The zero-order chi connectivity index (χ0) is 14.2. The first-order valence-electron chi connectivity index (χ1n) is 5.25. The molecule has 19 heavy (non-hydrogen) atoms. The van der Waals surface area contributed by atoms with E-state index in [0.717, 1.165) is 16.6 Å². The van der Waals surface area contributed by atoms with E-state index in [9.17, 15) is 8.78 Å². The fourth-order valence-corrected chi connectivity index (χ4v) is 2.37. The van der Waals surface area contributed by atoms with Crippen LogP contribution in [0.15, 0.2) is 34.8 Å². The smallest absolute Gasteiger partial charge is 0.160 e. The molecule has 1 unspecified atom stereocenters. The predicted octanol–water partition coefficient (Wildman–Crippen LogP) is 5.08. The van der Waals surface area contributed by atoms with Crippen LogP contribution in [-0.4, -0.2) is 0 Å². The van der Waals surface area contributed by atoms with Gasteiger partial charge in [-0.25, -0.2) is 8.78 Å². The third kappa shape index (κ3) is 3.08. The van der Waals surface area contributed by atoms with Crippen LogP contribution in [0.5, 0.6) is 0 Å². The second-order valence-electron chi connectivity index (χ2n) is 3.94. The van der Waals surface area contributed by atoms with E-state index in [0.29, 0.717) is 16.1 Å². The van der Waals surface area contributed by atoms with Gasteiger partial charge in [-0.3, -0.25) is 0 Å². The van der Waals surface area contributed by atoms with Crippen LogP contribution in [0, 0.1) is 11.6 Å². The zero-order valence-corrected chi connectivity index (χ0v) is 12.5. The minimum absolute atomic E-state index is 0.0745. The average Bonchev–Trinajstić information content (AvgIpc) is 2.36. The van der Waals surface area contributed by atoms with Gasteiger partial charge in [-0.2, -0.15) is 0 Å². The summed E-state index contributed by atoms with van der Waals surface area (Å²) < 4.78 is 27.0. The van der Waals surface area contributed by atoms with Crippen LogP contribution in [0.25, 0.3) is 0 Å². The van der Waals surface area contributed by atoms with E-state index in [1.54, 1.807) is 18.2 Å². The van der Waals surface area contributed by atoms with Crippen LogP contribution in [0.1, 0.15) is 17.2 Å². The van der Waals surface area contributed by atoms with Gasteiger partial charge in [-0.15, -0.1) is 0 Å². The van der Waals surface area contributed by atoms with Crippen molar-refractivity contribution in [1.82, 2.24) is 0 Å². The van der Waals surface area contributed by atoms with Crippen LogP contribution in [0.2, 0.25) is 10.0 Å². The molecule has 100 valence electrons. The van der Waals surface area contributed by atoms with Gasteiger partial charge < -0.3 is 5.73 Å². The van der Waals surface area contributed by atoms with Crippen LogP contribution >= 0.6 is 39.1 Å². The molecule has 1 nitrogen and oxygen atoms in total. The van der Waals surface area contributed by atoms with Crippen molar-refractivity contribution in [2.45, 2.75) is 6.04 Å². The standard InChI is InChI=1S/C13H8BrCl2F2N/c14-8-2-1-6(3-10(8)16)13(19)7-4-11(17)12(18)5-9(7)15/h1-5,13H,19H2. The summed E-state index contributed by atoms with van der Waals surface area (Å²) in [6.07, 6.45) is 0. The maximum Gasteiger partial charge on any atom is 0.160 e. The Morgan fingerprint density at radius 2 is 1.63 bits per heavy atom. The third-order valence-corrected chi connectivity index (χ3v) is 4.24. The van der Waals surface area contributed by atoms with Crippen molar-refractivity contribution in [3.63, 3.8) is 0 Å². The highest BCUT2D eigenvalue weighted by atomic mass is 79.9. The summed E-state index contributed by atoms with van der Waals surface area (Å²) in [5.74, 6) is -1.99. The van der Waals surface area contributed by atoms with Gasteiger partial charge in [0.1, 0.15) is 0 Å². The SMILES string of the molecule is NC(c1ccc(Br)c(Cl)c1)c1cc(F)c(F)cc1Cl. The van der Waals surface area contributed by atoms with Gasteiger partial charge in [0.25, 0.3) is 0 Å². The first-order chi connectivity index (χ1) is 8.90. The maximum atomic E-state index is 13.3. The van der Waals surface area contributed by atoms with Crippen LogP contribution < -0.4 is 5.73 Å². The van der Waals surface area contributed by atoms with Gasteiger partial charge in [-0.05, 0) is 51.3 Å². The highest BCUT2D eigenvalue weighted by Crippen LogP contribution is 2.31. The second-order valence-corrected chi connectivity index (χ2v) is 5.61. The molecule has 0 saturated carbocycles. The Morgan fingerprint density at radius 1 is 1.00 bits per heavy atom. The van der Waals surface area contributed by atoms with Crippen LogP contribution in [0.3, 0.4) is 0 Å². The summed E-state index contributed by atoms with van der Waals surface area (Å²) in [7, 11) is 0. The Kier molecular flexibility index (Phi) is 4.46. The summed E-state index contributed by atoms with van der Waals surface area (Å²) in [6, 6.07) is 6.33. The van der Waals surface area contributed by atoms with E-state index >= 15 is 0 Å². The van der Waals surface area contributed by atoms with Gasteiger partial charge in [-0.1, -0.05) is 29.3 Å². The second kappa shape index (κ2) is 5.75. The molecule has 0 bridgehead atoms. The summed E-state index contributed by atoms with van der Waals surface area (Å²) in [5.41, 5.74) is 6.97. The monoisotopic (exact) mass is 365 g/mol. The first-order valence-corrected chi connectivity index (χ1v) is 6.80. The Bertz CT molecular complexity index is 634. The summed E-state index contributed by atoms with van der Waals surface area (Å²) >= 11 is 15.1. The molecule has 2 aromatic rings. The number of rotatable bonds is 2. The molecule has 2 rings (SSSR count). The predicted molar refractivity (Wildman–Crippen MR) is 76.6 cm³/mol. The molecule has 0 aromatic heterocycles. The first kappa shape index (κ1) is 14.7. The van der Waals surface area contributed by atoms with E-state index in [4.69, 9.17) is 28.9 Å². The molecule has 0 aliphatic rings. The maximum absolute atomic E-state index is 13.3. The van der Waals surface area contributed by atoms with Gasteiger partial charge in [0.15, 0.2) is 11.6 Å². The van der Waals surface area contributed by atoms with Crippen molar-refractivity contribution < 1.29 is 8.78 Å². The molecule has 2 aromatic carbocycles. The van der Waals surface area contributed by atoms with E-state index in [2.05, 4.69) is 15.9 Å². The fourth-order valence-electron chi connectivity index (χ4n) is 1.66. The molecule has 1 atom stereocenters. The molecule has 0 aliphatic carbocycles. The van der Waals surface area contributed by atoms with Crippen LogP contribution in [-0.2, 0) is 0 Å². The Balaban J connectivity index is 2.46. The molecule has 0 saturated heterocycles. The van der Waals surface area contributed by atoms with Crippen molar-refractivity contribution in [1.29, 1.82) is 0 Å². The molecular weight excluding hydrogens is 359 g/mol. The van der Waals surface area contributed by atoms with E-state index < -0.39 is 17.7 Å². The lowest BCUT2D eigenvalue weighted by Crippen LogP contribution is -2.13. The van der Waals surface area contributed by atoms with Crippen LogP contribution in [0.4, 0.5) is 8.78 Å². The number of hydrogen-bond acceptors (Lipinski definition) is 1. The van der Waals surface area contributed by atoms with Gasteiger partial charge in [0, 0.05) is 9.50 Å². The van der Waals surface area contributed by atoms with E-state index in [1.807, 2.05) is 0 Å². The normalized spacial score (nSPS) is 12.5. The Morgan fingerprint density at radius 3 is 2.26 bits per heavy atom. The minimum atomic E-state index is -1.00. The largest absolute Gasteiger partial charge is 0.320 e. The molecular formula is C13H8BrCl2F2N. The van der Waals surface area contributed by atoms with Gasteiger partial charge in [0.2, 0.25) is 0 Å². The molecule has 0 radical (unpaired) electrons. The number of nitrogens with two attached hydrogens (primary N) is 1. The molecule has 0 aliphatic heterocycles. The minimum Gasteiger partial charge on any atom is -0.320 e. The number of hydrogen-bond donors (Lipinski definition) is 1. The third-order valence-electron chi connectivity index (χ3n) is 2.68. The molecule has 0 fully saturated rings. The Hall–Kier alpha value is -0.680. The number of benzene rings is 2. The van der Waals surface area contributed by atoms with Crippen molar-refractivity contribution in [3.8, 4) is 0 Å². The molecule has 0 amide bonds. The molecule has 2 N–H and O–H groups in total. The Labute approximate surface area is 127 Å². The lowest BCUT2D eigenvalue weighted by Gasteiger charge is -2.15. The average molecular weight is 367 g/mol. The molecule has 0 heterocycles. The highest BCUT2D eigenvalue weighted by molar-refractivity contribution is 9.10. The lowest BCUT2D eigenvalue weighted by atomic mass is 9.99. The molecule has 6 heteroatoms. The van der Waals surface area contributed by atoms with E-state index in [-0.39, 0.29) is 5.02 Å². The number of halogens is 5. The quantitative estimate of drug-likeness (QED) is 0.736. The van der Waals surface area contributed by atoms with Crippen molar-refractivity contribution in [2.75, 3.05) is 0 Å². The van der Waals surface area contributed by atoms with Crippen molar-refractivity contribution in [2.24, 2.45) is 5.73 Å². The molecule has 0 spiro atoms. The topological polar surface area (TPSA) is 26.0 Å². The summed E-state index contributed by atoms with van der Waals surface area (Å²) in [4.78, 5) is 0. The van der Waals surface area contributed by atoms with Gasteiger partial charge >= 0.3 is 0 Å². The summed E-state index contributed by atoms with van der Waals surface area (Å²) in [5, 5.41) is 0.553. The zero-order valence-electron chi connectivity index (χ0n) is 9.43. The highest BCUT2D eigenvalue weighted by Gasteiger charge is 2.17. The lowest BCUT2D eigenvalue weighted by molar-refractivity contribution is 0.506. The van der Waals surface area contributed by atoms with E-state index in [1.165, 1.54) is 0 Å². The van der Waals surface area contributed by atoms with Crippen molar-refractivity contribution in [3.05, 3.63) is 67.6 Å². The van der Waals surface area contributed by atoms with Crippen molar-refractivity contribution >= 4 is 39.1 Å². The van der Waals surface area contributed by atoms with Gasteiger partial charge in [0.05, 0.1) is 11.1 Å².